The third kappa shape index (κ3) is 5.13. The van der Waals surface area contributed by atoms with E-state index in [0.717, 1.165) is 12.1 Å². The van der Waals surface area contributed by atoms with Crippen LogP contribution in [-0.2, 0) is 6.54 Å². The summed E-state index contributed by atoms with van der Waals surface area (Å²) in [5, 5.41) is 3.31. The van der Waals surface area contributed by atoms with Gasteiger partial charge >= 0.3 is 0 Å². The van der Waals surface area contributed by atoms with Crippen molar-refractivity contribution in [2.45, 2.75) is 59.2 Å². The quantitative estimate of drug-likeness (QED) is 0.826. The van der Waals surface area contributed by atoms with Gasteiger partial charge in [-0.3, -0.25) is 4.98 Å². The summed E-state index contributed by atoms with van der Waals surface area (Å²) in [5.74, 6) is 0.597. The van der Waals surface area contributed by atoms with Crippen LogP contribution in [0.25, 0.3) is 0 Å². The van der Waals surface area contributed by atoms with E-state index in [4.69, 9.17) is 4.74 Å². The molecule has 1 aromatic rings. The van der Waals surface area contributed by atoms with Crippen molar-refractivity contribution in [2.24, 2.45) is 0 Å². The monoisotopic (exact) mass is 237 g/mol. The Morgan fingerprint density at radius 3 is 2.65 bits per heavy atom. The minimum absolute atomic E-state index is 0.196. The molecule has 0 aliphatic heterocycles. The van der Waals surface area contributed by atoms with E-state index in [2.05, 4.69) is 36.1 Å². The Balaban J connectivity index is 2.66. The van der Waals surface area contributed by atoms with E-state index in [9.17, 15) is 0 Å². The van der Waals surface area contributed by atoms with Gasteiger partial charge in [0, 0.05) is 18.8 Å². The van der Waals surface area contributed by atoms with Crippen LogP contribution in [0.4, 0.5) is 0 Å². The second kappa shape index (κ2) is 5.96. The summed E-state index contributed by atoms with van der Waals surface area (Å²) in [6, 6.07) is 0.438. The molecule has 0 bridgehead atoms. The van der Waals surface area contributed by atoms with E-state index >= 15 is 0 Å². The second-order valence-corrected chi connectivity index (χ2v) is 5.10. The van der Waals surface area contributed by atoms with Gasteiger partial charge in [0.1, 0.15) is 5.60 Å². The van der Waals surface area contributed by atoms with Crippen molar-refractivity contribution in [3.05, 3.63) is 18.1 Å². The van der Waals surface area contributed by atoms with Gasteiger partial charge in [-0.05, 0) is 20.3 Å². The molecule has 0 saturated carbocycles. The maximum absolute atomic E-state index is 5.80. The SMILES string of the molecule is CCC(C)(C)Oc1cncc(CNC(C)C)n1. The van der Waals surface area contributed by atoms with Crippen molar-refractivity contribution >= 4 is 0 Å². The zero-order valence-corrected chi connectivity index (χ0v) is 11.4. The lowest BCUT2D eigenvalue weighted by molar-refractivity contribution is 0.0981. The van der Waals surface area contributed by atoms with Crippen LogP contribution < -0.4 is 10.1 Å². The maximum atomic E-state index is 5.80. The van der Waals surface area contributed by atoms with Crippen LogP contribution >= 0.6 is 0 Å². The average molecular weight is 237 g/mol. The largest absolute Gasteiger partial charge is 0.471 e. The standard InChI is InChI=1S/C13H23N3O/c1-6-13(4,5)17-12-9-14-7-11(16-12)8-15-10(2)3/h7,9-10,15H,6,8H2,1-5H3. The molecule has 0 atom stereocenters. The Bertz CT molecular complexity index is 350. The highest BCUT2D eigenvalue weighted by atomic mass is 16.5. The second-order valence-electron chi connectivity index (χ2n) is 5.10. The Kier molecular flexibility index (Phi) is 4.87. The fraction of sp³-hybridized carbons (Fsp3) is 0.692. The summed E-state index contributed by atoms with van der Waals surface area (Å²) in [6.07, 6.45) is 4.36. The molecule has 0 unspecified atom stereocenters. The molecular weight excluding hydrogens is 214 g/mol. The molecule has 1 N–H and O–H groups in total. The van der Waals surface area contributed by atoms with Crippen molar-refractivity contribution in [3.8, 4) is 5.88 Å². The molecule has 0 aliphatic rings. The fourth-order valence-corrected chi connectivity index (χ4v) is 1.18. The van der Waals surface area contributed by atoms with E-state index in [1.807, 2.05) is 13.8 Å². The van der Waals surface area contributed by atoms with Gasteiger partial charge < -0.3 is 10.1 Å². The zero-order valence-electron chi connectivity index (χ0n) is 11.4. The first-order chi connectivity index (χ1) is 7.93. The highest BCUT2D eigenvalue weighted by Crippen LogP contribution is 2.17. The van der Waals surface area contributed by atoms with Crippen molar-refractivity contribution in [3.63, 3.8) is 0 Å². The van der Waals surface area contributed by atoms with Gasteiger partial charge in [-0.1, -0.05) is 20.8 Å². The number of ether oxygens (including phenoxy) is 1. The van der Waals surface area contributed by atoms with Crippen molar-refractivity contribution in [1.29, 1.82) is 0 Å². The smallest absolute Gasteiger partial charge is 0.233 e. The molecule has 0 aromatic carbocycles. The fourth-order valence-electron chi connectivity index (χ4n) is 1.18. The van der Waals surface area contributed by atoms with Gasteiger partial charge in [0.15, 0.2) is 0 Å². The van der Waals surface area contributed by atoms with Gasteiger partial charge in [-0.25, -0.2) is 4.98 Å². The minimum Gasteiger partial charge on any atom is -0.471 e. The van der Waals surface area contributed by atoms with Gasteiger partial charge in [0.2, 0.25) is 5.88 Å². The van der Waals surface area contributed by atoms with E-state index in [1.54, 1.807) is 12.4 Å². The lowest BCUT2D eigenvalue weighted by Gasteiger charge is -2.23. The minimum atomic E-state index is -0.196. The molecule has 0 radical (unpaired) electrons. The van der Waals surface area contributed by atoms with Gasteiger partial charge in [0.05, 0.1) is 11.9 Å². The van der Waals surface area contributed by atoms with Crippen LogP contribution in [-0.4, -0.2) is 21.6 Å². The molecule has 0 aliphatic carbocycles. The van der Waals surface area contributed by atoms with Crippen LogP contribution in [0.2, 0.25) is 0 Å². The summed E-state index contributed by atoms with van der Waals surface area (Å²) in [7, 11) is 0. The van der Waals surface area contributed by atoms with Crippen LogP contribution in [0.5, 0.6) is 5.88 Å². The normalized spacial score (nSPS) is 11.9. The maximum Gasteiger partial charge on any atom is 0.233 e. The van der Waals surface area contributed by atoms with Crippen molar-refractivity contribution < 1.29 is 4.74 Å². The summed E-state index contributed by atoms with van der Waals surface area (Å²) >= 11 is 0. The van der Waals surface area contributed by atoms with E-state index in [-0.39, 0.29) is 5.60 Å². The molecule has 0 saturated heterocycles. The van der Waals surface area contributed by atoms with Crippen molar-refractivity contribution in [1.82, 2.24) is 15.3 Å². The highest BCUT2D eigenvalue weighted by molar-refractivity contribution is 5.09. The highest BCUT2D eigenvalue weighted by Gasteiger charge is 2.17. The lowest BCUT2D eigenvalue weighted by Crippen LogP contribution is -2.28. The molecule has 0 spiro atoms. The van der Waals surface area contributed by atoms with E-state index in [1.165, 1.54) is 0 Å². The number of rotatable bonds is 6. The van der Waals surface area contributed by atoms with Gasteiger partial charge in [-0.2, -0.15) is 0 Å². The Labute approximate surface area is 104 Å². The molecule has 0 amide bonds. The molecule has 1 aromatic heterocycles. The first-order valence-corrected chi connectivity index (χ1v) is 6.16. The Hall–Kier alpha value is -1.16. The van der Waals surface area contributed by atoms with Crippen LogP contribution in [0, 0.1) is 0 Å². The van der Waals surface area contributed by atoms with Gasteiger partial charge in [-0.15, -0.1) is 0 Å². The Morgan fingerprint density at radius 2 is 2.06 bits per heavy atom. The molecule has 4 heteroatoms. The third-order valence-electron chi connectivity index (χ3n) is 2.59. The molecule has 0 fully saturated rings. The third-order valence-corrected chi connectivity index (χ3v) is 2.59. The molecule has 96 valence electrons. The molecule has 1 heterocycles. The van der Waals surface area contributed by atoms with Crippen molar-refractivity contribution in [2.75, 3.05) is 0 Å². The molecule has 1 rings (SSSR count). The lowest BCUT2D eigenvalue weighted by atomic mass is 10.1. The number of hydrogen-bond acceptors (Lipinski definition) is 4. The summed E-state index contributed by atoms with van der Waals surface area (Å²) in [4.78, 5) is 8.58. The van der Waals surface area contributed by atoms with Gasteiger partial charge in [0.25, 0.3) is 0 Å². The van der Waals surface area contributed by atoms with Crippen LogP contribution in [0.15, 0.2) is 12.4 Å². The van der Waals surface area contributed by atoms with E-state index in [0.29, 0.717) is 18.5 Å². The summed E-state index contributed by atoms with van der Waals surface area (Å²) in [6.45, 7) is 11.1. The predicted molar refractivity (Wildman–Crippen MR) is 69.0 cm³/mol. The summed E-state index contributed by atoms with van der Waals surface area (Å²) in [5.41, 5.74) is 0.710. The summed E-state index contributed by atoms with van der Waals surface area (Å²) < 4.78 is 5.80. The molecular formula is C13H23N3O. The first-order valence-electron chi connectivity index (χ1n) is 6.16. The molecule has 17 heavy (non-hydrogen) atoms. The van der Waals surface area contributed by atoms with Crippen LogP contribution in [0.3, 0.4) is 0 Å². The Morgan fingerprint density at radius 1 is 1.35 bits per heavy atom. The number of nitrogens with one attached hydrogen (secondary N) is 1. The first kappa shape index (κ1) is 13.9. The predicted octanol–water partition coefficient (Wildman–Crippen LogP) is 2.54. The van der Waals surface area contributed by atoms with Crippen LogP contribution in [0.1, 0.15) is 46.7 Å². The van der Waals surface area contributed by atoms with E-state index < -0.39 is 0 Å². The number of nitrogens with zero attached hydrogens (tertiary/aromatic N) is 2. The number of hydrogen-bond donors (Lipinski definition) is 1. The zero-order chi connectivity index (χ0) is 12.9. The molecule has 4 nitrogen and oxygen atoms in total. The average Bonchev–Trinajstić information content (AvgIpc) is 2.26. The number of aromatic nitrogens is 2. The topological polar surface area (TPSA) is 47.0 Å².